The van der Waals surface area contributed by atoms with Gasteiger partial charge in [-0.2, -0.15) is 16.8 Å². The number of benzene rings is 2. The highest BCUT2D eigenvalue weighted by atomic mass is 32.2. The van der Waals surface area contributed by atoms with Crippen molar-refractivity contribution in [3.05, 3.63) is 47.5 Å². The Morgan fingerprint density at radius 1 is 0.815 bits per heavy atom. The Bertz CT molecular complexity index is 1150. The first-order chi connectivity index (χ1) is 12.3. The third-order valence-corrected chi connectivity index (χ3v) is 5.21. The van der Waals surface area contributed by atoms with Crippen LogP contribution in [0, 0.1) is 0 Å². The summed E-state index contributed by atoms with van der Waals surface area (Å²) >= 11 is 0. The van der Waals surface area contributed by atoms with Crippen molar-refractivity contribution in [3.8, 4) is 11.5 Å². The number of carbonyl (C=O) groups is 2. The molecule has 0 aliphatic carbocycles. The third kappa shape index (κ3) is 4.33. The van der Waals surface area contributed by atoms with Gasteiger partial charge in [0.05, 0.1) is 4.90 Å². The van der Waals surface area contributed by atoms with Gasteiger partial charge in [-0.1, -0.05) is 0 Å². The molecule has 0 bridgehead atoms. The number of phenolic OH excluding ortho intramolecular Hbond substituents is 1. The van der Waals surface area contributed by atoms with Gasteiger partial charge in [0.1, 0.15) is 27.5 Å². The topological polar surface area (TPSA) is 193 Å². The highest BCUT2D eigenvalue weighted by Gasteiger charge is 2.26. The largest absolute Gasteiger partial charge is 0.507 e. The van der Waals surface area contributed by atoms with Crippen molar-refractivity contribution in [1.82, 2.24) is 0 Å². The molecule has 0 fully saturated rings. The maximum Gasteiger partial charge on any atom is 0.357 e. The van der Waals surface area contributed by atoms with Gasteiger partial charge in [-0.15, -0.1) is 0 Å². The fourth-order valence-electron chi connectivity index (χ4n) is 1.87. The van der Waals surface area contributed by atoms with Crippen LogP contribution >= 0.6 is 0 Å². The first-order valence-electron chi connectivity index (χ1n) is 6.68. The molecule has 2 aromatic carbocycles. The van der Waals surface area contributed by atoms with Crippen molar-refractivity contribution in [2.24, 2.45) is 0 Å². The van der Waals surface area contributed by atoms with Gasteiger partial charge in [0.15, 0.2) is 0 Å². The molecule has 0 aliphatic heterocycles. The predicted molar refractivity (Wildman–Crippen MR) is 85.6 cm³/mol. The van der Waals surface area contributed by atoms with E-state index in [0.29, 0.717) is 12.1 Å². The Labute approximate surface area is 152 Å². The van der Waals surface area contributed by atoms with Gasteiger partial charge < -0.3 is 19.5 Å². The standard InChI is InChI=1S/C14H10O11S2/c15-11-4-2-8(6-9(11)13(17)18)27(23,24)25-14(19)10-5-7(26(20,21)22)1-3-12(10)16/h1-6,15-16H,(H,17,18)(H,20,21,22). The summed E-state index contributed by atoms with van der Waals surface area (Å²) in [5.74, 6) is -4.90. The summed E-state index contributed by atoms with van der Waals surface area (Å²) in [7, 11) is -9.65. The Morgan fingerprint density at radius 2 is 1.30 bits per heavy atom. The number of carboxylic acids is 1. The molecule has 144 valence electrons. The first kappa shape index (κ1) is 20.2. The van der Waals surface area contributed by atoms with Gasteiger partial charge in [0.25, 0.3) is 10.1 Å². The number of carbonyl (C=O) groups excluding carboxylic acids is 1. The minimum Gasteiger partial charge on any atom is -0.507 e. The number of phenols is 2. The molecule has 0 unspecified atom stereocenters. The molecule has 0 spiro atoms. The molecule has 0 aromatic heterocycles. The molecule has 0 saturated carbocycles. The predicted octanol–water partition coefficient (Wildman–Crippen LogP) is 0.588. The van der Waals surface area contributed by atoms with Crippen molar-refractivity contribution in [3.63, 3.8) is 0 Å². The molecule has 11 nitrogen and oxygen atoms in total. The van der Waals surface area contributed by atoms with Crippen LogP contribution in [0.4, 0.5) is 0 Å². The van der Waals surface area contributed by atoms with E-state index >= 15 is 0 Å². The SMILES string of the molecule is O=C(O)c1cc(S(=O)(=O)OC(=O)c2cc(S(=O)(=O)O)ccc2O)ccc1O. The molecule has 0 aliphatic rings. The highest BCUT2D eigenvalue weighted by molar-refractivity contribution is 7.87. The lowest BCUT2D eigenvalue weighted by molar-refractivity contribution is 0.0692. The molecule has 4 N–H and O–H groups in total. The van der Waals surface area contributed by atoms with Crippen LogP contribution in [0.2, 0.25) is 0 Å². The van der Waals surface area contributed by atoms with Crippen LogP contribution in [0.15, 0.2) is 46.2 Å². The molecule has 0 saturated heterocycles. The van der Waals surface area contributed by atoms with E-state index in [1.54, 1.807) is 0 Å². The Hall–Kier alpha value is -3.16. The van der Waals surface area contributed by atoms with E-state index in [-0.39, 0.29) is 0 Å². The molecule has 0 atom stereocenters. The number of hydrogen-bond acceptors (Lipinski definition) is 9. The summed E-state index contributed by atoms with van der Waals surface area (Å²) < 4.78 is 59.6. The van der Waals surface area contributed by atoms with Crippen molar-refractivity contribution in [2.45, 2.75) is 9.79 Å². The van der Waals surface area contributed by atoms with Crippen molar-refractivity contribution >= 4 is 32.2 Å². The number of rotatable bonds is 5. The molecule has 27 heavy (non-hydrogen) atoms. The van der Waals surface area contributed by atoms with E-state index in [0.717, 1.165) is 24.3 Å². The zero-order valence-electron chi connectivity index (χ0n) is 12.9. The maximum atomic E-state index is 12.1. The van der Waals surface area contributed by atoms with Crippen LogP contribution in [-0.4, -0.2) is 48.6 Å². The minimum atomic E-state index is -4.89. The monoisotopic (exact) mass is 418 g/mol. The average Bonchev–Trinajstić information content (AvgIpc) is 2.53. The van der Waals surface area contributed by atoms with E-state index < -0.39 is 64.6 Å². The van der Waals surface area contributed by atoms with Gasteiger partial charge in [0.2, 0.25) is 0 Å². The first-order valence-corrected chi connectivity index (χ1v) is 9.53. The lowest BCUT2D eigenvalue weighted by Crippen LogP contribution is -2.15. The Kier molecular flexibility index (Phi) is 5.12. The Morgan fingerprint density at radius 3 is 1.81 bits per heavy atom. The summed E-state index contributed by atoms with van der Waals surface area (Å²) in [4.78, 5) is 21.4. The normalized spacial score (nSPS) is 11.7. The minimum absolute atomic E-state index is 0.488. The van der Waals surface area contributed by atoms with Gasteiger partial charge in [-0.25, -0.2) is 9.59 Å². The Balaban J connectivity index is 2.43. The molecule has 0 amide bonds. The van der Waals surface area contributed by atoms with Crippen LogP contribution < -0.4 is 0 Å². The van der Waals surface area contributed by atoms with Crippen molar-refractivity contribution in [2.75, 3.05) is 0 Å². The summed E-state index contributed by atoms with van der Waals surface area (Å²) in [6, 6.07) is 4.01. The maximum absolute atomic E-state index is 12.1. The smallest absolute Gasteiger partial charge is 0.357 e. The summed E-state index contributed by atoms with van der Waals surface area (Å²) in [5.41, 5.74) is -1.66. The van der Waals surface area contributed by atoms with E-state index in [4.69, 9.17) is 9.66 Å². The van der Waals surface area contributed by atoms with Crippen LogP contribution in [0.5, 0.6) is 11.5 Å². The molecular formula is C14H10O11S2. The number of aromatic carboxylic acids is 1. The van der Waals surface area contributed by atoms with Crippen LogP contribution in [0.25, 0.3) is 0 Å². The molecule has 0 heterocycles. The van der Waals surface area contributed by atoms with Gasteiger partial charge in [-0.05, 0) is 36.4 Å². The van der Waals surface area contributed by atoms with E-state index in [2.05, 4.69) is 4.18 Å². The second kappa shape index (κ2) is 6.86. The molecule has 2 aromatic rings. The molecule has 13 heteroatoms. The fourth-order valence-corrected chi connectivity index (χ4v) is 3.26. The van der Waals surface area contributed by atoms with E-state index in [9.17, 15) is 36.6 Å². The van der Waals surface area contributed by atoms with Crippen molar-refractivity contribution < 1.29 is 50.5 Å². The highest BCUT2D eigenvalue weighted by Crippen LogP contribution is 2.26. The van der Waals surface area contributed by atoms with Crippen LogP contribution in [0.3, 0.4) is 0 Å². The fraction of sp³-hybridized carbons (Fsp3) is 0. The molecule has 0 radical (unpaired) electrons. The quantitative estimate of drug-likeness (QED) is 0.392. The van der Waals surface area contributed by atoms with E-state index in [1.807, 2.05) is 0 Å². The van der Waals surface area contributed by atoms with Crippen molar-refractivity contribution in [1.29, 1.82) is 0 Å². The summed E-state index contributed by atoms with van der Waals surface area (Å²) in [6.07, 6.45) is 0. The summed E-state index contributed by atoms with van der Waals surface area (Å²) in [6.45, 7) is 0. The molecule has 2 rings (SSSR count). The van der Waals surface area contributed by atoms with Gasteiger partial charge in [0, 0.05) is 0 Å². The number of aromatic hydroxyl groups is 2. The summed E-state index contributed by atoms with van der Waals surface area (Å²) in [5, 5.41) is 27.9. The van der Waals surface area contributed by atoms with Gasteiger partial charge in [-0.3, -0.25) is 4.55 Å². The second-order valence-electron chi connectivity index (χ2n) is 4.96. The number of hydrogen-bond donors (Lipinski definition) is 4. The average molecular weight is 418 g/mol. The lowest BCUT2D eigenvalue weighted by atomic mass is 10.2. The zero-order chi connectivity index (χ0) is 20.6. The van der Waals surface area contributed by atoms with Crippen LogP contribution in [0.1, 0.15) is 20.7 Å². The van der Waals surface area contributed by atoms with Gasteiger partial charge >= 0.3 is 22.1 Å². The lowest BCUT2D eigenvalue weighted by Gasteiger charge is -2.09. The number of carboxylic acid groups (broad SMARTS) is 1. The third-order valence-electron chi connectivity index (χ3n) is 3.16. The van der Waals surface area contributed by atoms with Crippen LogP contribution in [-0.2, 0) is 24.4 Å². The van der Waals surface area contributed by atoms with E-state index in [1.165, 1.54) is 0 Å². The zero-order valence-corrected chi connectivity index (χ0v) is 14.6. The molecular weight excluding hydrogens is 408 g/mol. The second-order valence-corrected chi connectivity index (χ2v) is 7.93.